The lowest BCUT2D eigenvalue weighted by Crippen LogP contribution is -2.11. The van der Waals surface area contributed by atoms with Gasteiger partial charge in [0, 0.05) is 22.0 Å². The fourth-order valence-corrected chi connectivity index (χ4v) is 4.15. The molecule has 0 heterocycles. The number of carboxylic acids is 1. The van der Waals surface area contributed by atoms with Crippen molar-refractivity contribution in [1.29, 1.82) is 0 Å². The van der Waals surface area contributed by atoms with Gasteiger partial charge in [0.2, 0.25) is 0 Å². The average Bonchev–Trinajstić information content (AvgIpc) is 2.72. The molecule has 0 saturated carbocycles. The lowest BCUT2D eigenvalue weighted by molar-refractivity contribution is -0.138. The largest absolute Gasteiger partial charge is 0.481 e. The SMILES string of the molecule is CCC(C(=O)O)c1ccccc1Sc1ccc(NCCc2ccccc2)cc1. The molecule has 0 aliphatic rings. The zero-order valence-corrected chi connectivity index (χ0v) is 16.8. The van der Waals surface area contributed by atoms with E-state index in [-0.39, 0.29) is 0 Å². The highest BCUT2D eigenvalue weighted by Gasteiger charge is 2.20. The van der Waals surface area contributed by atoms with Crippen molar-refractivity contribution in [2.75, 3.05) is 11.9 Å². The Morgan fingerprint density at radius 3 is 2.32 bits per heavy atom. The molecule has 0 fully saturated rings. The van der Waals surface area contributed by atoms with Gasteiger partial charge in [-0.15, -0.1) is 0 Å². The number of carbonyl (C=O) groups is 1. The first kappa shape index (κ1) is 20.0. The highest BCUT2D eigenvalue weighted by molar-refractivity contribution is 7.99. The maximum Gasteiger partial charge on any atom is 0.311 e. The molecule has 0 aliphatic heterocycles. The monoisotopic (exact) mass is 391 g/mol. The zero-order chi connectivity index (χ0) is 19.8. The molecule has 1 unspecified atom stereocenters. The molecule has 144 valence electrons. The third kappa shape index (κ3) is 5.40. The predicted octanol–water partition coefficient (Wildman–Crippen LogP) is 6.07. The van der Waals surface area contributed by atoms with E-state index in [1.54, 1.807) is 11.8 Å². The molecule has 3 rings (SSSR count). The summed E-state index contributed by atoms with van der Waals surface area (Å²) in [5.41, 5.74) is 3.29. The molecule has 28 heavy (non-hydrogen) atoms. The van der Waals surface area contributed by atoms with Gasteiger partial charge < -0.3 is 10.4 Å². The van der Waals surface area contributed by atoms with Gasteiger partial charge in [-0.05, 0) is 54.3 Å². The van der Waals surface area contributed by atoms with Gasteiger partial charge in [-0.2, -0.15) is 0 Å². The van der Waals surface area contributed by atoms with Crippen molar-refractivity contribution in [3.05, 3.63) is 90.0 Å². The molecule has 2 N–H and O–H groups in total. The van der Waals surface area contributed by atoms with Gasteiger partial charge in [-0.3, -0.25) is 4.79 Å². The molecule has 4 heteroatoms. The standard InChI is InChI=1S/C24H25NO2S/c1-2-21(24(26)27)22-10-6-7-11-23(22)28-20-14-12-19(13-15-20)25-17-16-18-8-4-3-5-9-18/h3-15,21,25H,2,16-17H2,1H3,(H,26,27). The van der Waals surface area contributed by atoms with Gasteiger partial charge in [-0.1, -0.05) is 67.2 Å². The van der Waals surface area contributed by atoms with Crippen LogP contribution in [0.1, 0.15) is 30.4 Å². The van der Waals surface area contributed by atoms with E-state index in [1.807, 2.05) is 37.3 Å². The number of nitrogens with one attached hydrogen (secondary N) is 1. The topological polar surface area (TPSA) is 49.3 Å². The number of carboxylic acid groups (broad SMARTS) is 1. The number of hydrogen-bond donors (Lipinski definition) is 2. The fourth-order valence-electron chi connectivity index (χ4n) is 3.15. The highest BCUT2D eigenvalue weighted by atomic mass is 32.2. The molecular formula is C24H25NO2S. The fraction of sp³-hybridized carbons (Fsp3) is 0.208. The summed E-state index contributed by atoms with van der Waals surface area (Å²) < 4.78 is 0. The Kier molecular flexibility index (Phi) is 7.15. The molecule has 0 spiro atoms. The molecule has 0 aliphatic carbocycles. The van der Waals surface area contributed by atoms with Crippen molar-refractivity contribution < 1.29 is 9.90 Å². The molecule has 0 aromatic heterocycles. The molecule has 3 aromatic carbocycles. The lowest BCUT2D eigenvalue weighted by Gasteiger charge is -2.15. The van der Waals surface area contributed by atoms with Gasteiger partial charge >= 0.3 is 5.97 Å². The molecule has 1 atom stereocenters. The Bertz CT molecular complexity index is 894. The summed E-state index contributed by atoms with van der Waals surface area (Å²) in [5.74, 6) is -1.24. The zero-order valence-electron chi connectivity index (χ0n) is 16.0. The maximum absolute atomic E-state index is 11.6. The quantitative estimate of drug-likeness (QED) is 0.465. The molecule has 3 nitrogen and oxygen atoms in total. The highest BCUT2D eigenvalue weighted by Crippen LogP contribution is 2.35. The maximum atomic E-state index is 11.6. The normalized spacial score (nSPS) is 11.8. The third-order valence-electron chi connectivity index (χ3n) is 4.67. The average molecular weight is 392 g/mol. The minimum Gasteiger partial charge on any atom is -0.481 e. The van der Waals surface area contributed by atoms with Gasteiger partial charge in [0.1, 0.15) is 0 Å². The first-order valence-corrected chi connectivity index (χ1v) is 10.4. The molecule has 3 aromatic rings. The van der Waals surface area contributed by atoms with Gasteiger partial charge in [0.25, 0.3) is 0 Å². The van der Waals surface area contributed by atoms with Crippen LogP contribution in [0.2, 0.25) is 0 Å². The second-order valence-electron chi connectivity index (χ2n) is 6.63. The lowest BCUT2D eigenvalue weighted by atomic mass is 9.97. The Hall–Kier alpha value is -2.72. The number of anilines is 1. The Morgan fingerprint density at radius 2 is 1.64 bits per heavy atom. The molecule has 0 amide bonds. The van der Waals surface area contributed by atoms with Crippen LogP contribution in [0.15, 0.2) is 88.7 Å². The van der Waals surface area contributed by atoms with E-state index < -0.39 is 11.9 Å². The minimum absolute atomic E-state index is 0.470. The number of hydrogen-bond acceptors (Lipinski definition) is 3. The smallest absolute Gasteiger partial charge is 0.311 e. The van der Waals surface area contributed by atoms with Gasteiger partial charge in [0.05, 0.1) is 5.92 Å². The van der Waals surface area contributed by atoms with E-state index in [0.29, 0.717) is 6.42 Å². The van der Waals surface area contributed by atoms with Crippen LogP contribution in [0.25, 0.3) is 0 Å². The minimum atomic E-state index is -0.770. The van der Waals surface area contributed by atoms with Crippen LogP contribution < -0.4 is 5.32 Å². The second-order valence-corrected chi connectivity index (χ2v) is 7.74. The van der Waals surface area contributed by atoms with Crippen LogP contribution >= 0.6 is 11.8 Å². The van der Waals surface area contributed by atoms with Crippen molar-refractivity contribution in [1.82, 2.24) is 0 Å². The van der Waals surface area contributed by atoms with Crippen molar-refractivity contribution in [2.24, 2.45) is 0 Å². The second kappa shape index (κ2) is 10.00. The predicted molar refractivity (Wildman–Crippen MR) is 116 cm³/mol. The Labute approximate surface area is 170 Å². The molecule has 0 radical (unpaired) electrons. The van der Waals surface area contributed by atoms with Crippen LogP contribution in [0.3, 0.4) is 0 Å². The third-order valence-corrected chi connectivity index (χ3v) is 5.77. The van der Waals surface area contributed by atoms with Crippen LogP contribution in [-0.4, -0.2) is 17.6 Å². The number of benzene rings is 3. The summed E-state index contributed by atoms with van der Waals surface area (Å²) in [6.45, 7) is 2.80. The van der Waals surface area contributed by atoms with E-state index >= 15 is 0 Å². The first-order chi connectivity index (χ1) is 13.7. The van der Waals surface area contributed by atoms with Gasteiger partial charge in [0.15, 0.2) is 0 Å². The van der Waals surface area contributed by atoms with Gasteiger partial charge in [-0.25, -0.2) is 0 Å². The Morgan fingerprint density at radius 1 is 0.964 bits per heavy atom. The van der Waals surface area contributed by atoms with E-state index in [4.69, 9.17) is 0 Å². The van der Waals surface area contributed by atoms with E-state index in [1.165, 1.54) is 5.56 Å². The van der Waals surface area contributed by atoms with Crippen molar-refractivity contribution in [2.45, 2.75) is 35.5 Å². The summed E-state index contributed by atoms with van der Waals surface area (Å²) in [6, 6.07) is 26.5. The van der Waals surface area contributed by atoms with E-state index in [9.17, 15) is 9.90 Å². The Balaban J connectivity index is 1.62. The number of aliphatic carboxylic acids is 1. The van der Waals surface area contributed by atoms with Crippen molar-refractivity contribution >= 4 is 23.4 Å². The van der Waals surface area contributed by atoms with Crippen LogP contribution in [0.4, 0.5) is 5.69 Å². The van der Waals surface area contributed by atoms with Crippen LogP contribution in [0.5, 0.6) is 0 Å². The summed E-state index contributed by atoms with van der Waals surface area (Å²) in [4.78, 5) is 13.7. The van der Waals surface area contributed by atoms with E-state index in [2.05, 4.69) is 53.8 Å². The number of rotatable bonds is 9. The molecular weight excluding hydrogens is 366 g/mol. The summed E-state index contributed by atoms with van der Waals surface area (Å²) in [5, 5.41) is 13.0. The first-order valence-electron chi connectivity index (χ1n) is 9.55. The summed E-state index contributed by atoms with van der Waals surface area (Å²) in [6.07, 6.45) is 1.56. The summed E-state index contributed by atoms with van der Waals surface area (Å²) >= 11 is 1.61. The summed E-state index contributed by atoms with van der Waals surface area (Å²) in [7, 11) is 0. The van der Waals surface area contributed by atoms with E-state index in [0.717, 1.165) is 34.0 Å². The van der Waals surface area contributed by atoms with Crippen LogP contribution in [0, 0.1) is 0 Å². The van der Waals surface area contributed by atoms with Crippen molar-refractivity contribution in [3.63, 3.8) is 0 Å². The molecule has 0 saturated heterocycles. The molecule has 0 bridgehead atoms. The van der Waals surface area contributed by atoms with Crippen molar-refractivity contribution in [3.8, 4) is 0 Å². The van der Waals surface area contributed by atoms with Crippen LogP contribution in [-0.2, 0) is 11.2 Å².